The fourth-order valence-corrected chi connectivity index (χ4v) is 1.18. The lowest BCUT2D eigenvalue weighted by Crippen LogP contribution is -1.96. The van der Waals surface area contributed by atoms with Crippen molar-refractivity contribution >= 4 is 24.3 Å². The topological polar surface area (TPSA) is 86.1 Å². The zero-order chi connectivity index (χ0) is 10.6. The maximum absolute atomic E-state index is 10.7. The second-order valence-corrected chi connectivity index (χ2v) is 2.86. The van der Waals surface area contributed by atoms with E-state index in [0.29, 0.717) is 11.3 Å². The van der Waals surface area contributed by atoms with Crippen molar-refractivity contribution in [3.8, 4) is 0 Å². The van der Waals surface area contributed by atoms with Crippen LogP contribution in [0.3, 0.4) is 0 Å². The van der Waals surface area contributed by atoms with Gasteiger partial charge in [-0.15, -0.1) is 0 Å². The molecule has 0 atom stereocenters. The maximum atomic E-state index is 10.7. The lowest BCUT2D eigenvalue weighted by molar-refractivity contribution is 0.0697. The Labute approximate surface area is 85.4 Å². The van der Waals surface area contributed by atoms with Crippen LogP contribution in [0.5, 0.6) is 0 Å². The van der Waals surface area contributed by atoms with E-state index in [0.717, 1.165) is 0 Å². The summed E-state index contributed by atoms with van der Waals surface area (Å²) in [4.78, 5) is 13.3. The maximum Gasteiger partial charge on any atom is 0.335 e. The standard InChI is InChI=1S/C8H7N3O2S/c9-11-10-7-2-5(4-14)1-6(3-7)8(12)13/h1-3,14H,4H2,(H,12,13). The number of carbonyl (C=O) groups is 1. The summed E-state index contributed by atoms with van der Waals surface area (Å²) in [6.07, 6.45) is 0. The molecule has 0 aromatic heterocycles. The van der Waals surface area contributed by atoms with Crippen LogP contribution >= 0.6 is 12.6 Å². The molecule has 0 aliphatic rings. The van der Waals surface area contributed by atoms with Gasteiger partial charge in [-0.25, -0.2) is 4.79 Å². The second-order valence-electron chi connectivity index (χ2n) is 2.54. The van der Waals surface area contributed by atoms with Gasteiger partial charge in [0.2, 0.25) is 0 Å². The number of hydrogen-bond acceptors (Lipinski definition) is 3. The Bertz CT molecular complexity index is 393. The van der Waals surface area contributed by atoms with Crippen LogP contribution in [-0.2, 0) is 5.75 Å². The molecule has 14 heavy (non-hydrogen) atoms. The van der Waals surface area contributed by atoms with Crippen LogP contribution in [0.15, 0.2) is 23.3 Å². The van der Waals surface area contributed by atoms with Gasteiger partial charge in [-0.2, -0.15) is 12.6 Å². The smallest absolute Gasteiger partial charge is 0.335 e. The van der Waals surface area contributed by atoms with Crippen LogP contribution in [0.2, 0.25) is 0 Å². The first-order valence-corrected chi connectivity index (χ1v) is 4.34. The van der Waals surface area contributed by atoms with E-state index in [1.54, 1.807) is 6.07 Å². The van der Waals surface area contributed by atoms with Gasteiger partial charge in [-0.05, 0) is 29.3 Å². The fourth-order valence-electron chi connectivity index (χ4n) is 0.998. The van der Waals surface area contributed by atoms with E-state index < -0.39 is 5.97 Å². The highest BCUT2D eigenvalue weighted by atomic mass is 32.1. The molecule has 5 nitrogen and oxygen atoms in total. The summed E-state index contributed by atoms with van der Waals surface area (Å²) < 4.78 is 0. The SMILES string of the molecule is [N-]=[N+]=Nc1cc(CS)cc(C(=O)O)c1. The number of thiol groups is 1. The molecular weight excluding hydrogens is 202 g/mol. The molecule has 72 valence electrons. The molecule has 1 N–H and O–H groups in total. The van der Waals surface area contributed by atoms with E-state index in [9.17, 15) is 4.79 Å². The summed E-state index contributed by atoms with van der Waals surface area (Å²) in [5, 5.41) is 12.1. The van der Waals surface area contributed by atoms with E-state index >= 15 is 0 Å². The van der Waals surface area contributed by atoms with Crippen molar-refractivity contribution in [3.63, 3.8) is 0 Å². The van der Waals surface area contributed by atoms with Crippen LogP contribution in [0.25, 0.3) is 10.4 Å². The van der Waals surface area contributed by atoms with Gasteiger partial charge < -0.3 is 5.11 Å². The molecule has 0 fully saturated rings. The quantitative estimate of drug-likeness (QED) is 0.347. The first-order valence-electron chi connectivity index (χ1n) is 3.70. The first kappa shape index (κ1) is 10.4. The lowest BCUT2D eigenvalue weighted by Gasteiger charge is -2.00. The van der Waals surface area contributed by atoms with E-state index in [2.05, 4.69) is 22.7 Å². The molecule has 0 unspecified atom stereocenters. The number of hydrogen-bond donors (Lipinski definition) is 2. The van der Waals surface area contributed by atoms with Crippen molar-refractivity contribution in [2.45, 2.75) is 5.75 Å². The van der Waals surface area contributed by atoms with E-state index in [1.165, 1.54) is 12.1 Å². The Hall–Kier alpha value is -1.65. The average molecular weight is 209 g/mol. The van der Waals surface area contributed by atoms with E-state index in [4.69, 9.17) is 10.6 Å². The number of azide groups is 1. The van der Waals surface area contributed by atoms with Gasteiger partial charge >= 0.3 is 5.97 Å². The predicted molar refractivity (Wildman–Crippen MR) is 54.9 cm³/mol. The minimum atomic E-state index is -1.05. The van der Waals surface area contributed by atoms with Crippen LogP contribution in [0, 0.1) is 0 Å². The zero-order valence-electron chi connectivity index (χ0n) is 7.08. The summed E-state index contributed by atoms with van der Waals surface area (Å²) in [7, 11) is 0. The Balaban J connectivity index is 3.26. The Morgan fingerprint density at radius 3 is 2.79 bits per heavy atom. The van der Waals surface area contributed by atoms with Crippen LogP contribution in [0.1, 0.15) is 15.9 Å². The number of aromatic carboxylic acids is 1. The van der Waals surface area contributed by atoms with Gasteiger partial charge in [0.25, 0.3) is 0 Å². The fraction of sp³-hybridized carbons (Fsp3) is 0.125. The van der Waals surface area contributed by atoms with Crippen molar-refractivity contribution in [3.05, 3.63) is 39.8 Å². The molecule has 0 bridgehead atoms. The van der Waals surface area contributed by atoms with Crippen molar-refractivity contribution in [1.29, 1.82) is 0 Å². The summed E-state index contributed by atoms with van der Waals surface area (Å²) in [6, 6.07) is 4.40. The summed E-state index contributed by atoms with van der Waals surface area (Å²) in [5.74, 6) is -0.655. The van der Waals surface area contributed by atoms with Crippen molar-refractivity contribution in [1.82, 2.24) is 0 Å². The Morgan fingerprint density at radius 1 is 1.57 bits per heavy atom. The molecule has 1 rings (SSSR count). The van der Waals surface area contributed by atoms with Crippen molar-refractivity contribution in [2.75, 3.05) is 0 Å². The molecule has 0 spiro atoms. The van der Waals surface area contributed by atoms with Gasteiger partial charge in [-0.3, -0.25) is 0 Å². The molecule has 0 aliphatic carbocycles. The molecule has 0 saturated carbocycles. The van der Waals surface area contributed by atoms with Crippen molar-refractivity contribution < 1.29 is 9.90 Å². The molecule has 0 heterocycles. The molecule has 1 aromatic carbocycles. The summed E-state index contributed by atoms with van der Waals surface area (Å²) >= 11 is 4.01. The Kier molecular flexibility index (Phi) is 3.39. The molecule has 0 aliphatic heterocycles. The lowest BCUT2D eigenvalue weighted by atomic mass is 10.1. The van der Waals surface area contributed by atoms with Crippen LogP contribution < -0.4 is 0 Å². The first-order chi connectivity index (χ1) is 6.67. The number of benzene rings is 1. The van der Waals surface area contributed by atoms with Crippen LogP contribution in [0.4, 0.5) is 5.69 Å². The second kappa shape index (κ2) is 4.55. The van der Waals surface area contributed by atoms with Crippen molar-refractivity contribution in [2.24, 2.45) is 5.11 Å². The minimum Gasteiger partial charge on any atom is -0.478 e. The average Bonchev–Trinajstić information content (AvgIpc) is 2.17. The Morgan fingerprint density at radius 2 is 2.29 bits per heavy atom. The highest BCUT2D eigenvalue weighted by Gasteiger charge is 2.05. The largest absolute Gasteiger partial charge is 0.478 e. The van der Waals surface area contributed by atoms with Crippen LogP contribution in [-0.4, -0.2) is 11.1 Å². The zero-order valence-corrected chi connectivity index (χ0v) is 7.98. The molecule has 1 aromatic rings. The van der Waals surface area contributed by atoms with Gasteiger partial charge in [0, 0.05) is 16.4 Å². The molecule has 0 radical (unpaired) electrons. The highest BCUT2D eigenvalue weighted by molar-refractivity contribution is 7.79. The van der Waals surface area contributed by atoms with E-state index in [-0.39, 0.29) is 11.3 Å². The molecule has 6 heteroatoms. The highest BCUT2D eigenvalue weighted by Crippen LogP contribution is 2.19. The molecule has 0 amide bonds. The number of nitrogens with zero attached hydrogens (tertiary/aromatic N) is 3. The number of carboxylic acids is 1. The third-order valence-corrected chi connectivity index (χ3v) is 1.93. The monoisotopic (exact) mass is 209 g/mol. The summed E-state index contributed by atoms with van der Waals surface area (Å²) in [6.45, 7) is 0. The molecular formula is C8H7N3O2S. The number of rotatable bonds is 3. The minimum absolute atomic E-state index is 0.0963. The number of carboxylic acid groups (broad SMARTS) is 1. The van der Waals surface area contributed by atoms with E-state index in [1.807, 2.05) is 0 Å². The summed E-state index contributed by atoms with van der Waals surface area (Å²) in [5.41, 5.74) is 9.29. The van der Waals surface area contributed by atoms with Gasteiger partial charge in [0.05, 0.1) is 5.56 Å². The van der Waals surface area contributed by atoms with Gasteiger partial charge in [-0.1, -0.05) is 5.11 Å². The van der Waals surface area contributed by atoms with Gasteiger partial charge in [0.1, 0.15) is 0 Å². The molecule has 0 saturated heterocycles. The predicted octanol–water partition coefficient (Wildman–Crippen LogP) is 2.76. The third kappa shape index (κ3) is 2.42. The van der Waals surface area contributed by atoms with Gasteiger partial charge in [0.15, 0.2) is 0 Å². The normalized spacial score (nSPS) is 9.21. The third-order valence-electron chi connectivity index (χ3n) is 1.57.